The summed E-state index contributed by atoms with van der Waals surface area (Å²) >= 11 is 1.67. The van der Waals surface area contributed by atoms with Gasteiger partial charge in [-0.2, -0.15) is 0 Å². The zero-order chi connectivity index (χ0) is 18.2. The predicted molar refractivity (Wildman–Crippen MR) is 101 cm³/mol. The van der Waals surface area contributed by atoms with Crippen molar-refractivity contribution < 1.29 is 9.13 Å². The number of nitrogens with zero attached hydrogens (tertiary/aromatic N) is 2. The molecule has 7 heteroatoms. The van der Waals surface area contributed by atoms with Crippen LogP contribution in [-0.2, 0) is 6.54 Å². The van der Waals surface area contributed by atoms with Crippen LogP contribution in [0.1, 0.15) is 29.4 Å². The number of hydrogen-bond donors (Lipinski definition) is 2. The number of benzene rings is 1. The van der Waals surface area contributed by atoms with Crippen LogP contribution >= 0.6 is 11.3 Å². The van der Waals surface area contributed by atoms with Crippen LogP contribution in [0.5, 0.6) is 5.75 Å². The second-order valence-electron chi connectivity index (χ2n) is 5.71. The number of thiazole rings is 1. The van der Waals surface area contributed by atoms with Gasteiger partial charge in [0.05, 0.1) is 18.8 Å². The highest BCUT2D eigenvalue weighted by Crippen LogP contribution is 2.17. The van der Waals surface area contributed by atoms with Gasteiger partial charge in [-0.15, -0.1) is 11.3 Å². The van der Waals surface area contributed by atoms with Gasteiger partial charge in [0.15, 0.2) is 5.96 Å². The smallest absolute Gasteiger partial charge is 0.191 e. The van der Waals surface area contributed by atoms with Crippen LogP contribution < -0.4 is 15.4 Å². The third kappa shape index (κ3) is 6.34. The lowest BCUT2D eigenvalue weighted by molar-refractivity contribution is 0.223. The van der Waals surface area contributed by atoms with Gasteiger partial charge < -0.3 is 15.4 Å². The number of guanidine groups is 1. The summed E-state index contributed by atoms with van der Waals surface area (Å²) in [6.07, 6.45) is -0.0846. The highest BCUT2D eigenvalue weighted by Gasteiger charge is 2.07. The molecule has 1 aromatic carbocycles. The van der Waals surface area contributed by atoms with Crippen LogP contribution in [-0.4, -0.2) is 30.1 Å². The van der Waals surface area contributed by atoms with E-state index in [1.165, 1.54) is 17.0 Å². The summed E-state index contributed by atoms with van der Waals surface area (Å²) < 4.78 is 18.7. The van der Waals surface area contributed by atoms with E-state index in [1.54, 1.807) is 23.5 Å². The summed E-state index contributed by atoms with van der Waals surface area (Å²) in [5, 5.41) is 7.47. The number of ether oxygens (including phenoxy) is 1. The van der Waals surface area contributed by atoms with Crippen LogP contribution in [0.2, 0.25) is 0 Å². The van der Waals surface area contributed by atoms with Gasteiger partial charge in [0.2, 0.25) is 0 Å². The van der Waals surface area contributed by atoms with Gasteiger partial charge in [-0.25, -0.2) is 14.4 Å². The fourth-order valence-electron chi connectivity index (χ4n) is 2.12. The van der Waals surface area contributed by atoms with E-state index in [0.717, 1.165) is 23.2 Å². The molecular weight excluding hydrogens is 339 g/mol. The van der Waals surface area contributed by atoms with Crippen molar-refractivity contribution in [3.05, 3.63) is 45.7 Å². The number of aryl methyl sites for hydroxylation is 2. The normalized spacial score (nSPS) is 12.8. The van der Waals surface area contributed by atoms with Gasteiger partial charge in [-0.05, 0) is 52.0 Å². The van der Waals surface area contributed by atoms with E-state index in [1.807, 2.05) is 20.8 Å². The van der Waals surface area contributed by atoms with Crippen LogP contribution in [0.4, 0.5) is 4.39 Å². The Labute approximate surface area is 152 Å². The first-order chi connectivity index (χ1) is 12.0. The zero-order valence-corrected chi connectivity index (χ0v) is 15.9. The van der Waals surface area contributed by atoms with Crippen LogP contribution in [0.3, 0.4) is 0 Å². The first kappa shape index (κ1) is 19.2. The second kappa shape index (κ2) is 9.36. The van der Waals surface area contributed by atoms with Gasteiger partial charge in [0.25, 0.3) is 0 Å². The van der Waals surface area contributed by atoms with Gasteiger partial charge in [0, 0.05) is 11.4 Å². The molecule has 0 aliphatic rings. The summed E-state index contributed by atoms with van der Waals surface area (Å²) in [4.78, 5) is 10.3. The molecule has 0 aliphatic heterocycles. The molecule has 0 saturated carbocycles. The lowest BCUT2D eigenvalue weighted by atomic mass is 10.3. The lowest BCUT2D eigenvalue weighted by Crippen LogP contribution is -2.41. The number of rotatable bonds is 7. The molecule has 25 heavy (non-hydrogen) atoms. The van der Waals surface area contributed by atoms with Gasteiger partial charge in [-0.3, -0.25) is 0 Å². The van der Waals surface area contributed by atoms with Crippen molar-refractivity contribution in [1.29, 1.82) is 0 Å². The highest BCUT2D eigenvalue weighted by atomic mass is 32.1. The molecule has 1 unspecified atom stereocenters. The minimum atomic E-state index is -0.271. The molecule has 0 aliphatic carbocycles. The van der Waals surface area contributed by atoms with E-state index in [9.17, 15) is 4.39 Å². The van der Waals surface area contributed by atoms with Crippen molar-refractivity contribution in [2.45, 2.75) is 40.3 Å². The molecule has 1 atom stereocenters. The molecule has 0 saturated heterocycles. The quantitative estimate of drug-likeness (QED) is 0.584. The topological polar surface area (TPSA) is 58.5 Å². The molecule has 2 N–H and O–H groups in total. The number of halogens is 1. The fraction of sp³-hybridized carbons (Fsp3) is 0.444. The minimum absolute atomic E-state index is 0.0846. The van der Waals surface area contributed by atoms with Crippen molar-refractivity contribution in [1.82, 2.24) is 15.6 Å². The SMILES string of the molecule is CCNC(=NCc1nc(C)c(C)s1)NCC(C)Oc1ccc(F)cc1. The van der Waals surface area contributed by atoms with E-state index in [0.29, 0.717) is 18.8 Å². The summed E-state index contributed by atoms with van der Waals surface area (Å²) in [6, 6.07) is 6.02. The summed E-state index contributed by atoms with van der Waals surface area (Å²) in [6.45, 7) is 9.95. The average molecular weight is 364 g/mol. The molecule has 0 radical (unpaired) electrons. The van der Waals surface area contributed by atoms with E-state index in [2.05, 4.69) is 27.5 Å². The molecule has 0 amide bonds. The molecule has 0 bridgehead atoms. The monoisotopic (exact) mass is 364 g/mol. The van der Waals surface area contributed by atoms with E-state index in [-0.39, 0.29) is 11.9 Å². The van der Waals surface area contributed by atoms with Gasteiger partial charge in [-0.1, -0.05) is 0 Å². The Morgan fingerprint density at radius 3 is 2.60 bits per heavy atom. The first-order valence-corrected chi connectivity index (χ1v) is 9.17. The molecule has 5 nitrogen and oxygen atoms in total. The Morgan fingerprint density at radius 2 is 2.00 bits per heavy atom. The molecular formula is C18H25FN4OS. The Bertz CT molecular complexity index is 680. The van der Waals surface area contributed by atoms with Crippen LogP contribution in [0.15, 0.2) is 29.3 Å². The van der Waals surface area contributed by atoms with Crippen molar-refractivity contribution in [3.8, 4) is 5.75 Å². The predicted octanol–water partition coefficient (Wildman–Crippen LogP) is 3.42. The largest absolute Gasteiger partial charge is 0.489 e. The molecule has 0 fully saturated rings. The third-order valence-electron chi connectivity index (χ3n) is 3.50. The second-order valence-corrected chi connectivity index (χ2v) is 7.00. The van der Waals surface area contributed by atoms with Crippen LogP contribution in [0.25, 0.3) is 0 Å². The maximum atomic E-state index is 12.9. The van der Waals surface area contributed by atoms with Crippen LogP contribution in [0, 0.1) is 19.7 Å². The maximum absolute atomic E-state index is 12.9. The molecule has 1 aromatic heterocycles. The summed E-state index contributed by atoms with van der Waals surface area (Å²) in [5.41, 5.74) is 1.06. The van der Waals surface area contributed by atoms with Crippen molar-refractivity contribution in [2.24, 2.45) is 4.99 Å². The third-order valence-corrected chi connectivity index (χ3v) is 4.55. The van der Waals surface area contributed by atoms with E-state index < -0.39 is 0 Å². The van der Waals surface area contributed by atoms with Crippen molar-refractivity contribution in [2.75, 3.05) is 13.1 Å². The fourth-order valence-corrected chi connectivity index (χ4v) is 2.98. The highest BCUT2D eigenvalue weighted by molar-refractivity contribution is 7.11. The van der Waals surface area contributed by atoms with Gasteiger partial charge in [0.1, 0.15) is 22.7 Å². The molecule has 1 heterocycles. The van der Waals surface area contributed by atoms with E-state index >= 15 is 0 Å². The average Bonchev–Trinajstić information content (AvgIpc) is 2.90. The number of aliphatic imine (C=N–C) groups is 1. The number of aromatic nitrogens is 1. The van der Waals surface area contributed by atoms with E-state index in [4.69, 9.17) is 4.74 Å². The summed E-state index contributed by atoms with van der Waals surface area (Å²) in [5.74, 6) is 1.10. The molecule has 136 valence electrons. The zero-order valence-electron chi connectivity index (χ0n) is 15.1. The maximum Gasteiger partial charge on any atom is 0.191 e. The minimum Gasteiger partial charge on any atom is -0.489 e. The standard InChI is InChI=1S/C18H25FN4OS/c1-5-20-18(22-11-17-23-13(3)14(4)25-17)21-10-12(2)24-16-8-6-15(19)7-9-16/h6-9,12H,5,10-11H2,1-4H3,(H2,20,21,22). The Kier molecular flexibility index (Phi) is 7.18. The number of hydrogen-bond acceptors (Lipinski definition) is 4. The van der Waals surface area contributed by atoms with Crippen molar-refractivity contribution in [3.63, 3.8) is 0 Å². The molecule has 0 spiro atoms. The first-order valence-electron chi connectivity index (χ1n) is 8.35. The molecule has 2 aromatic rings. The lowest BCUT2D eigenvalue weighted by Gasteiger charge is -2.17. The Morgan fingerprint density at radius 1 is 1.28 bits per heavy atom. The molecule has 2 rings (SSSR count). The Hall–Kier alpha value is -2.15. The Balaban J connectivity index is 1.87. The summed E-state index contributed by atoms with van der Waals surface area (Å²) in [7, 11) is 0. The van der Waals surface area contributed by atoms with Gasteiger partial charge >= 0.3 is 0 Å². The van der Waals surface area contributed by atoms with Crippen molar-refractivity contribution >= 4 is 17.3 Å². The number of nitrogens with one attached hydrogen (secondary N) is 2.